The van der Waals surface area contributed by atoms with Crippen LogP contribution in [-0.2, 0) is 6.54 Å². The third kappa shape index (κ3) is 3.50. The van der Waals surface area contributed by atoms with Gasteiger partial charge in [-0.25, -0.2) is 4.99 Å². The van der Waals surface area contributed by atoms with Gasteiger partial charge < -0.3 is 0 Å². The second kappa shape index (κ2) is 6.97. The number of rotatable bonds is 4. The highest BCUT2D eigenvalue weighted by molar-refractivity contribution is 9.10. The van der Waals surface area contributed by atoms with E-state index in [1.807, 2.05) is 6.07 Å². The van der Waals surface area contributed by atoms with E-state index in [0.29, 0.717) is 0 Å². The lowest BCUT2D eigenvalue weighted by Gasteiger charge is -2.25. The van der Waals surface area contributed by atoms with E-state index >= 15 is 0 Å². The average Bonchev–Trinajstić information content (AvgIpc) is 2.72. The molecule has 2 aromatic carbocycles. The van der Waals surface area contributed by atoms with Gasteiger partial charge in [0, 0.05) is 10.9 Å². The van der Waals surface area contributed by atoms with Crippen molar-refractivity contribution in [1.82, 2.24) is 5.43 Å². The van der Waals surface area contributed by atoms with Gasteiger partial charge in [-0.2, -0.15) is 0 Å². The molecule has 22 heavy (non-hydrogen) atoms. The van der Waals surface area contributed by atoms with Crippen LogP contribution in [0.2, 0.25) is 0 Å². The van der Waals surface area contributed by atoms with Crippen LogP contribution in [0.1, 0.15) is 31.7 Å². The van der Waals surface area contributed by atoms with Gasteiger partial charge in [0.05, 0.1) is 17.9 Å². The molecule has 0 amide bonds. The Morgan fingerprint density at radius 2 is 2.00 bits per heavy atom. The quantitative estimate of drug-likeness (QED) is 0.814. The van der Waals surface area contributed by atoms with Crippen molar-refractivity contribution >= 4 is 33.1 Å². The fourth-order valence-electron chi connectivity index (χ4n) is 2.53. The molecule has 3 nitrogen and oxygen atoms in total. The summed E-state index contributed by atoms with van der Waals surface area (Å²) in [5.74, 6) is 1.03. The summed E-state index contributed by atoms with van der Waals surface area (Å²) in [4.78, 5) is 4.85. The maximum atomic E-state index is 4.85. The number of nitrogens with zero attached hydrogens (tertiary/aromatic N) is 2. The van der Waals surface area contributed by atoms with Crippen molar-refractivity contribution in [3.8, 4) is 0 Å². The highest BCUT2D eigenvalue weighted by atomic mass is 79.9. The maximum absolute atomic E-state index is 4.85. The molecule has 1 aliphatic heterocycles. The fourth-order valence-corrected chi connectivity index (χ4v) is 2.88. The van der Waals surface area contributed by atoms with Crippen LogP contribution in [0.25, 0.3) is 0 Å². The number of halogens is 1. The SMILES string of the molecule is CCCCC1=Nc2cc(Br)ccc2CN(c2ccccc2)N1. The van der Waals surface area contributed by atoms with Crippen LogP contribution in [0.15, 0.2) is 58.0 Å². The van der Waals surface area contributed by atoms with Gasteiger partial charge in [-0.1, -0.05) is 53.5 Å². The zero-order chi connectivity index (χ0) is 15.4. The zero-order valence-corrected chi connectivity index (χ0v) is 14.3. The van der Waals surface area contributed by atoms with E-state index in [1.54, 1.807) is 0 Å². The summed E-state index contributed by atoms with van der Waals surface area (Å²) in [5, 5.41) is 2.17. The van der Waals surface area contributed by atoms with Crippen molar-refractivity contribution in [3.05, 3.63) is 58.6 Å². The molecule has 2 aromatic rings. The van der Waals surface area contributed by atoms with Crippen molar-refractivity contribution in [3.63, 3.8) is 0 Å². The van der Waals surface area contributed by atoms with E-state index < -0.39 is 0 Å². The Labute approximate surface area is 140 Å². The highest BCUT2D eigenvalue weighted by Gasteiger charge is 2.16. The van der Waals surface area contributed by atoms with Gasteiger partial charge in [0.25, 0.3) is 0 Å². The van der Waals surface area contributed by atoms with Gasteiger partial charge in [-0.3, -0.25) is 10.4 Å². The van der Waals surface area contributed by atoms with Crippen LogP contribution in [0, 0.1) is 0 Å². The summed E-state index contributed by atoms with van der Waals surface area (Å²) in [6, 6.07) is 16.7. The molecule has 1 N–H and O–H groups in total. The van der Waals surface area contributed by atoms with Crippen LogP contribution in [0.4, 0.5) is 11.4 Å². The Bertz CT molecular complexity index is 667. The van der Waals surface area contributed by atoms with E-state index in [-0.39, 0.29) is 0 Å². The maximum Gasteiger partial charge on any atom is 0.121 e. The first-order valence-corrected chi connectivity index (χ1v) is 8.51. The lowest BCUT2D eigenvalue weighted by molar-refractivity contribution is 0.741. The monoisotopic (exact) mass is 357 g/mol. The summed E-state index contributed by atoms with van der Waals surface area (Å²) in [5.41, 5.74) is 6.93. The number of hydrogen-bond donors (Lipinski definition) is 1. The van der Waals surface area contributed by atoms with E-state index in [0.717, 1.165) is 47.5 Å². The van der Waals surface area contributed by atoms with Crippen molar-refractivity contribution < 1.29 is 0 Å². The Balaban J connectivity index is 1.96. The predicted octanol–water partition coefficient (Wildman–Crippen LogP) is 5.19. The van der Waals surface area contributed by atoms with Crippen LogP contribution in [0.5, 0.6) is 0 Å². The van der Waals surface area contributed by atoms with Crippen LogP contribution in [0.3, 0.4) is 0 Å². The van der Waals surface area contributed by atoms with Crippen molar-refractivity contribution in [2.24, 2.45) is 4.99 Å². The minimum absolute atomic E-state index is 0.797. The molecule has 114 valence electrons. The second-order valence-electron chi connectivity index (χ2n) is 5.47. The van der Waals surface area contributed by atoms with Crippen molar-refractivity contribution in [2.45, 2.75) is 32.7 Å². The van der Waals surface area contributed by atoms with E-state index in [4.69, 9.17) is 4.99 Å². The molecular weight excluding hydrogens is 338 g/mol. The van der Waals surface area contributed by atoms with E-state index in [9.17, 15) is 0 Å². The Morgan fingerprint density at radius 3 is 2.77 bits per heavy atom. The van der Waals surface area contributed by atoms with Gasteiger partial charge in [0.2, 0.25) is 0 Å². The van der Waals surface area contributed by atoms with Crippen LogP contribution < -0.4 is 10.4 Å². The third-order valence-corrected chi connectivity index (χ3v) is 4.22. The smallest absolute Gasteiger partial charge is 0.121 e. The number of hydrazine groups is 1. The molecule has 0 spiro atoms. The Hall–Kier alpha value is -1.81. The molecule has 0 aliphatic carbocycles. The van der Waals surface area contributed by atoms with Crippen molar-refractivity contribution in [2.75, 3.05) is 5.01 Å². The van der Waals surface area contributed by atoms with Crippen LogP contribution in [-0.4, -0.2) is 5.84 Å². The summed E-state index contributed by atoms with van der Waals surface area (Å²) in [6.07, 6.45) is 3.26. The largest absolute Gasteiger partial charge is 0.285 e. The van der Waals surface area contributed by atoms with Gasteiger partial charge in [0.1, 0.15) is 5.84 Å². The molecule has 4 heteroatoms. The first-order valence-electron chi connectivity index (χ1n) is 7.71. The lowest BCUT2D eigenvalue weighted by atomic mass is 10.1. The third-order valence-electron chi connectivity index (χ3n) is 3.73. The molecule has 0 saturated carbocycles. The number of anilines is 1. The Morgan fingerprint density at radius 1 is 1.18 bits per heavy atom. The standard InChI is InChI=1S/C18H20BrN3/c1-2-3-9-18-20-17-12-15(19)11-10-14(17)13-22(21-18)16-7-5-4-6-8-16/h4-8,10-12H,2-3,9,13H2,1H3,(H,20,21). The minimum atomic E-state index is 0.797. The van der Waals surface area contributed by atoms with E-state index in [2.05, 4.69) is 75.8 Å². The fraction of sp³-hybridized carbons (Fsp3) is 0.278. The predicted molar refractivity (Wildman–Crippen MR) is 96.5 cm³/mol. The molecule has 0 unspecified atom stereocenters. The molecule has 1 aliphatic rings. The average molecular weight is 358 g/mol. The molecule has 0 radical (unpaired) electrons. The number of hydrogen-bond acceptors (Lipinski definition) is 3. The summed E-state index contributed by atoms with van der Waals surface area (Å²) in [7, 11) is 0. The van der Waals surface area contributed by atoms with Gasteiger partial charge in [-0.05, 0) is 36.2 Å². The molecule has 0 bridgehead atoms. The normalized spacial score (nSPS) is 13.9. The molecule has 0 atom stereocenters. The number of aliphatic imine (C=N–C) groups is 1. The topological polar surface area (TPSA) is 27.6 Å². The number of unbranched alkanes of at least 4 members (excludes halogenated alkanes) is 1. The summed E-state index contributed by atoms with van der Waals surface area (Å²) in [6.45, 7) is 3.00. The van der Waals surface area contributed by atoms with Gasteiger partial charge in [0.15, 0.2) is 0 Å². The lowest BCUT2D eigenvalue weighted by Crippen LogP contribution is -2.40. The first kappa shape index (κ1) is 15.1. The molecule has 1 heterocycles. The molecule has 0 saturated heterocycles. The molecule has 0 fully saturated rings. The highest BCUT2D eigenvalue weighted by Crippen LogP contribution is 2.29. The van der Waals surface area contributed by atoms with Gasteiger partial charge in [-0.15, -0.1) is 0 Å². The molecular formula is C18H20BrN3. The number of nitrogens with one attached hydrogen (secondary N) is 1. The van der Waals surface area contributed by atoms with E-state index in [1.165, 1.54) is 5.56 Å². The summed E-state index contributed by atoms with van der Waals surface area (Å²) < 4.78 is 1.07. The zero-order valence-electron chi connectivity index (χ0n) is 12.7. The minimum Gasteiger partial charge on any atom is -0.285 e. The number of fused-ring (bicyclic) bond motifs is 1. The number of benzene rings is 2. The number of para-hydroxylation sites is 1. The molecule has 3 rings (SSSR count). The van der Waals surface area contributed by atoms with Gasteiger partial charge >= 0.3 is 0 Å². The Kier molecular flexibility index (Phi) is 4.78. The second-order valence-corrected chi connectivity index (χ2v) is 6.38. The summed E-state index contributed by atoms with van der Waals surface area (Å²) >= 11 is 3.55. The number of amidine groups is 1. The van der Waals surface area contributed by atoms with Crippen molar-refractivity contribution in [1.29, 1.82) is 0 Å². The molecule has 0 aromatic heterocycles. The van der Waals surface area contributed by atoms with Crippen LogP contribution >= 0.6 is 15.9 Å². The first-order chi connectivity index (χ1) is 10.8.